The van der Waals surface area contributed by atoms with Crippen LogP contribution in [0.1, 0.15) is 43.8 Å². The zero-order valence-corrected chi connectivity index (χ0v) is 16.0. The monoisotopic (exact) mass is 404 g/mol. The minimum absolute atomic E-state index is 0.0360. The van der Waals surface area contributed by atoms with Gasteiger partial charge >= 0.3 is 5.97 Å². The molecule has 0 bridgehead atoms. The van der Waals surface area contributed by atoms with Crippen LogP contribution in [-0.2, 0) is 22.9 Å². The van der Waals surface area contributed by atoms with E-state index in [0.717, 1.165) is 11.1 Å². The molecule has 0 atom stereocenters. The summed E-state index contributed by atoms with van der Waals surface area (Å²) in [4.78, 5) is 32.9. The van der Waals surface area contributed by atoms with E-state index >= 15 is 0 Å². The van der Waals surface area contributed by atoms with Gasteiger partial charge in [0, 0.05) is 13.1 Å². The Morgan fingerprint density at radius 3 is 2.52 bits per heavy atom. The molecule has 2 aromatic rings. The Hall–Kier alpha value is -2.98. The van der Waals surface area contributed by atoms with E-state index in [0.29, 0.717) is 25.1 Å². The van der Waals surface area contributed by atoms with Gasteiger partial charge in [-0.25, -0.2) is 15.2 Å². The largest absolute Gasteiger partial charge is 0.508 e. The first kappa shape index (κ1) is 22.3. The van der Waals surface area contributed by atoms with Gasteiger partial charge in [0.25, 0.3) is 5.91 Å². The molecule has 0 spiro atoms. The number of nitrogens with one attached hydrogen (secondary N) is 2. The average molecular weight is 404 g/mol. The molecule has 29 heavy (non-hydrogen) atoms. The molecule has 0 aromatic heterocycles. The first-order valence-corrected chi connectivity index (χ1v) is 8.96. The Morgan fingerprint density at radius 2 is 1.79 bits per heavy atom. The summed E-state index contributed by atoms with van der Waals surface area (Å²) < 4.78 is 0. The predicted molar refractivity (Wildman–Crippen MR) is 103 cm³/mol. The Balaban J connectivity index is 1.72. The highest BCUT2D eigenvalue weighted by Crippen LogP contribution is 2.18. The van der Waals surface area contributed by atoms with Crippen molar-refractivity contribution < 1.29 is 34.8 Å². The fraction of sp³-hybridized carbons (Fsp3) is 0.300. The Kier molecular flexibility index (Phi) is 8.56. The number of carbonyl (C=O) groups is 2. The lowest BCUT2D eigenvalue weighted by molar-refractivity contribution is -0.253. The molecule has 0 aliphatic heterocycles. The van der Waals surface area contributed by atoms with Crippen LogP contribution in [0.3, 0.4) is 0 Å². The van der Waals surface area contributed by atoms with E-state index in [4.69, 9.17) is 10.1 Å². The quantitative estimate of drug-likeness (QED) is 0.218. The predicted octanol–water partition coefficient (Wildman–Crippen LogP) is 2.23. The van der Waals surface area contributed by atoms with Gasteiger partial charge in [0.1, 0.15) is 12.4 Å². The van der Waals surface area contributed by atoms with Crippen molar-refractivity contribution >= 4 is 11.9 Å². The summed E-state index contributed by atoms with van der Waals surface area (Å²) in [6.45, 7) is 2.69. The van der Waals surface area contributed by atoms with E-state index in [2.05, 4.69) is 15.7 Å². The Labute approximate surface area is 167 Å². The number of aromatic hydroxyl groups is 1. The topological polar surface area (TPSA) is 137 Å². The minimum atomic E-state index is -1.15. The van der Waals surface area contributed by atoms with Crippen LogP contribution in [0, 0.1) is 6.92 Å². The molecule has 0 fully saturated rings. The lowest BCUT2D eigenvalue weighted by atomic mass is 10.0. The van der Waals surface area contributed by atoms with Gasteiger partial charge in [-0.3, -0.25) is 14.9 Å². The van der Waals surface area contributed by atoms with Gasteiger partial charge in [0.05, 0.1) is 17.7 Å². The van der Waals surface area contributed by atoms with Gasteiger partial charge in [-0.15, -0.1) is 0 Å². The molecular weight excluding hydrogens is 380 g/mol. The number of phenols is 1. The molecule has 9 nitrogen and oxygen atoms in total. The number of phenolic OH excluding ortho intramolecular Hbond substituents is 1. The lowest BCUT2D eigenvalue weighted by Gasteiger charge is -2.11. The minimum Gasteiger partial charge on any atom is -0.508 e. The maximum atomic E-state index is 12.2. The molecule has 0 saturated carbocycles. The van der Waals surface area contributed by atoms with Crippen LogP contribution < -0.4 is 10.8 Å². The number of carboxylic acids is 1. The smallest absolute Gasteiger partial charge is 0.336 e. The van der Waals surface area contributed by atoms with Gasteiger partial charge < -0.3 is 15.5 Å². The molecule has 0 aliphatic rings. The molecule has 1 amide bonds. The zero-order chi connectivity index (χ0) is 21.2. The molecule has 9 heteroatoms. The third-order valence-electron chi connectivity index (χ3n) is 4.13. The maximum Gasteiger partial charge on any atom is 0.336 e. The third kappa shape index (κ3) is 6.84. The zero-order valence-electron chi connectivity index (χ0n) is 16.0. The van der Waals surface area contributed by atoms with Crippen molar-refractivity contribution in [2.75, 3.05) is 13.1 Å². The van der Waals surface area contributed by atoms with Crippen LogP contribution >= 0.6 is 0 Å². The summed E-state index contributed by atoms with van der Waals surface area (Å²) in [5.74, 6) is -1.53. The first-order chi connectivity index (χ1) is 13.9. The van der Waals surface area contributed by atoms with Crippen molar-refractivity contribution in [1.82, 2.24) is 10.8 Å². The van der Waals surface area contributed by atoms with Crippen LogP contribution in [0.2, 0.25) is 0 Å². The number of benzene rings is 2. The fourth-order valence-electron chi connectivity index (χ4n) is 2.65. The van der Waals surface area contributed by atoms with Crippen molar-refractivity contribution in [1.29, 1.82) is 0 Å². The van der Waals surface area contributed by atoms with E-state index in [1.807, 2.05) is 0 Å². The highest BCUT2D eigenvalue weighted by Gasteiger charge is 2.16. The van der Waals surface area contributed by atoms with Gasteiger partial charge in [0.15, 0.2) is 0 Å². The summed E-state index contributed by atoms with van der Waals surface area (Å²) in [6.07, 6.45) is 0.558. The van der Waals surface area contributed by atoms with E-state index in [1.165, 1.54) is 18.2 Å². The third-order valence-corrected chi connectivity index (χ3v) is 4.13. The molecule has 0 heterocycles. The number of aryl methyl sites for hydroxylation is 1. The van der Waals surface area contributed by atoms with Crippen molar-refractivity contribution in [2.24, 2.45) is 0 Å². The summed E-state index contributed by atoms with van der Waals surface area (Å²) in [6, 6.07) is 9.25. The second-order valence-corrected chi connectivity index (χ2v) is 6.37. The maximum absolute atomic E-state index is 12.2. The number of hydrogen-bond acceptors (Lipinski definition) is 7. The lowest BCUT2D eigenvalue weighted by Crippen LogP contribution is -2.28. The summed E-state index contributed by atoms with van der Waals surface area (Å²) in [5.41, 5.74) is 4.98. The van der Waals surface area contributed by atoms with Crippen LogP contribution in [0.4, 0.5) is 0 Å². The molecule has 0 unspecified atom stereocenters. The summed E-state index contributed by atoms with van der Waals surface area (Å²) in [5, 5.41) is 29.9. The van der Waals surface area contributed by atoms with Gasteiger partial charge in [0.2, 0.25) is 0 Å². The molecule has 156 valence electrons. The molecule has 0 aliphatic carbocycles. The van der Waals surface area contributed by atoms with E-state index < -0.39 is 11.9 Å². The van der Waals surface area contributed by atoms with E-state index in [1.54, 1.807) is 25.1 Å². The average Bonchev–Trinajstić information content (AvgIpc) is 2.68. The summed E-state index contributed by atoms with van der Waals surface area (Å²) >= 11 is 0. The van der Waals surface area contributed by atoms with E-state index in [9.17, 15) is 19.8 Å². The molecule has 0 radical (unpaired) electrons. The van der Waals surface area contributed by atoms with Crippen molar-refractivity contribution in [2.45, 2.75) is 26.6 Å². The number of hydrogen-bond donors (Lipinski definition) is 5. The van der Waals surface area contributed by atoms with Gasteiger partial charge in [-0.1, -0.05) is 17.7 Å². The highest BCUT2D eigenvalue weighted by molar-refractivity contribution is 6.04. The second kappa shape index (κ2) is 11.1. The number of amides is 1. The second-order valence-electron chi connectivity index (χ2n) is 6.37. The fourth-order valence-corrected chi connectivity index (χ4v) is 2.65. The van der Waals surface area contributed by atoms with Crippen molar-refractivity contribution in [3.8, 4) is 5.75 Å². The van der Waals surface area contributed by atoms with Crippen LogP contribution in [0.5, 0.6) is 5.75 Å². The number of hydroxylamine groups is 1. The number of carbonyl (C=O) groups excluding carboxylic acids is 1. The van der Waals surface area contributed by atoms with Crippen LogP contribution in [0.25, 0.3) is 0 Å². The van der Waals surface area contributed by atoms with Crippen LogP contribution in [0.15, 0.2) is 36.4 Å². The van der Waals surface area contributed by atoms with Crippen molar-refractivity contribution in [3.05, 3.63) is 64.2 Å². The SMILES string of the molecule is Cc1ccc(C(=O)O)c(C(=O)NCCCNOCc2ccc(O)cc2COO)c1. The highest BCUT2D eigenvalue weighted by atomic mass is 17.1. The molecular formula is C20H24N2O7. The van der Waals surface area contributed by atoms with Gasteiger partial charge in [-0.05, 0) is 48.7 Å². The normalized spacial score (nSPS) is 10.7. The Morgan fingerprint density at radius 1 is 1.00 bits per heavy atom. The summed E-state index contributed by atoms with van der Waals surface area (Å²) in [7, 11) is 0. The molecule has 0 saturated heterocycles. The standard InChI is InChI=1S/C20H24N2O7/c1-13-3-6-17(20(25)26)18(9-13)19(24)21-7-2-8-22-28-11-14-4-5-16(23)10-15(14)12-29-27/h3-6,9-10,22-23,27H,2,7-8,11-12H2,1H3,(H,21,24)(H,25,26). The molecule has 2 aromatic carbocycles. The number of aromatic carboxylic acids is 1. The molecule has 5 N–H and O–H groups in total. The van der Waals surface area contributed by atoms with Crippen LogP contribution in [-0.4, -0.2) is 40.4 Å². The molecule has 2 rings (SSSR count). The van der Waals surface area contributed by atoms with Crippen molar-refractivity contribution in [3.63, 3.8) is 0 Å². The van der Waals surface area contributed by atoms with Gasteiger partial charge in [-0.2, -0.15) is 0 Å². The van der Waals surface area contributed by atoms with E-state index in [-0.39, 0.29) is 30.1 Å². The number of carboxylic acid groups (broad SMARTS) is 1. The first-order valence-electron chi connectivity index (χ1n) is 8.96. The number of rotatable bonds is 11. The Bertz CT molecular complexity index is 855.